The second-order valence-corrected chi connectivity index (χ2v) is 7.78. The van der Waals surface area contributed by atoms with E-state index in [2.05, 4.69) is 26.2 Å². The van der Waals surface area contributed by atoms with E-state index < -0.39 is 0 Å². The number of hydrogen-bond donors (Lipinski definition) is 1. The van der Waals surface area contributed by atoms with Gasteiger partial charge in [-0.15, -0.1) is 0 Å². The number of rotatable bonds is 11. The summed E-state index contributed by atoms with van der Waals surface area (Å²) in [6, 6.07) is 17.2. The first-order valence-electron chi connectivity index (χ1n) is 9.64. The summed E-state index contributed by atoms with van der Waals surface area (Å²) in [6.07, 6.45) is 2.60. The van der Waals surface area contributed by atoms with Gasteiger partial charge in [-0.2, -0.15) is 0 Å². The molecule has 3 rings (SSSR count). The molecule has 5 nitrogen and oxygen atoms in total. The predicted molar refractivity (Wildman–Crippen MR) is 123 cm³/mol. The van der Waals surface area contributed by atoms with Crippen LogP contribution in [0.15, 0.2) is 65.3 Å². The van der Waals surface area contributed by atoms with Gasteiger partial charge >= 0.3 is 0 Å². The SMILES string of the molecule is COc1cc(CNCCCOc2ccccn2)c(Br)cc1OCc1ccccc1Cl. The number of pyridine rings is 1. The summed E-state index contributed by atoms with van der Waals surface area (Å²) in [5, 5.41) is 4.10. The molecule has 1 heterocycles. The highest BCUT2D eigenvalue weighted by atomic mass is 79.9. The van der Waals surface area contributed by atoms with Crippen LogP contribution >= 0.6 is 27.5 Å². The molecule has 0 unspecified atom stereocenters. The van der Waals surface area contributed by atoms with E-state index in [1.165, 1.54) is 0 Å². The van der Waals surface area contributed by atoms with Gasteiger partial charge in [0.25, 0.3) is 0 Å². The van der Waals surface area contributed by atoms with Crippen molar-refractivity contribution in [2.24, 2.45) is 0 Å². The molecular weight excluding hydrogens is 468 g/mol. The summed E-state index contributed by atoms with van der Waals surface area (Å²) >= 11 is 9.84. The molecule has 0 amide bonds. The van der Waals surface area contributed by atoms with Crippen molar-refractivity contribution >= 4 is 27.5 Å². The normalized spacial score (nSPS) is 10.6. The van der Waals surface area contributed by atoms with Crippen molar-refractivity contribution in [1.29, 1.82) is 0 Å². The van der Waals surface area contributed by atoms with Gasteiger partial charge in [0.2, 0.25) is 5.88 Å². The van der Waals surface area contributed by atoms with E-state index in [0.717, 1.165) is 28.6 Å². The van der Waals surface area contributed by atoms with Gasteiger partial charge in [-0.05, 0) is 42.8 Å². The zero-order valence-electron chi connectivity index (χ0n) is 16.7. The van der Waals surface area contributed by atoms with Gasteiger partial charge in [-0.25, -0.2) is 4.98 Å². The minimum atomic E-state index is 0.371. The maximum absolute atomic E-state index is 6.21. The van der Waals surface area contributed by atoms with Crippen LogP contribution in [0.1, 0.15) is 17.5 Å². The predicted octanol–water partition coefficient (Wildman–Crippen LogP) is 5.64. The van der Waals surface area contributed by atoms with Gasteiger partial charge < -0.3 is 19.5 Å². The lowest BCUT2D eigenvalue weighted by Gasteiger charge is -2.15. The van der Waals surface area contributed by atoms with E-state index in [4.69, 9.17) is 25.8 Å². The Morgan fingerprint density at radius 3 is 2.60 bits per heavy atom. The van der Waals surface area contributed by atoms with Gasteiger partial charge in [0.05, 0.1) is 13.7 Å². The zero-order valence-corrected chi connectivity index (χ0v) is 19.1. The smallest absolute Gasteiger partial charge is 0.213 e. The van der Waals surface area contributed by atoms with Crippen molar-refractivity contribution in [3.8, 4) is 17.4 Å². The molecule has 2 aromatic carbocycles. The Hall–Kier alpha value is -2.28. The third-order valence-corrected chi connectivity index (χ3v) is 5.48. The van der Waals surface area contributed by atoms with Crippen LogP contribution in [0.4, 0.5) is 0 Å². The molecule has 0 radical (unpaired) electrons. The van der Waals surface area contributed by atoms with Crippen molar-refractivity contribution < 1.29 is 14.2 Å². The molecule has 0 atom stereocenters. The summed E-state index contributed by atoms with van der Waals surface area (Å²) in [4.78, 5) is 4.14. The maximum Gasteiger partial charge on any atom is 0.213 e. The first-order chi connectivity index (χ1) is 14.7. The average Bonchev–Trinajstić information content (AvgIpc) is 2.77. The number of hydrogen-bond acceptors (Lipinski definition) is 5. The van der Waals surface area contributed by atoms with E-state index in [-0.39, 0.29) is 0 Å². The van der Waals surface area contributed by atoms with Crippen LogP contribution in [0.3, 0.4) is 0 Å². The van der Waals surface area contributed by atoms with Crippen LogP contribution in [0, 0.1) is 0 Å². The Morgan fingerprint density at radius 2 is 1.83 bits per heavy atom. The summed E-state index contributed by atoms with van der Waals surface area (Å²) in [7, 11) is 1.64. The van der Waals surface area contributed by atoms with Crippen LogP contribution in [0.2, 0.25) is 5.02 Å². The molecule has 0 bridgehead atoms. The molecule has 0 saturated carbocycles. The third-order valence-electron chi connectivity index (χ3n) is 4.37. The average molecular weight is 492 g/mol. The molecule has 0 spiro atoms. The van der Waals surface area contributed by atoms with E-state index in [1.807, 2.05) is 54.6 Å². The topological polar surface area (TPSA) is 52.6 Å². The number of halogens is 2. The summed E-state index contributed by atoms with van der Waals surface area (Å²) in [5.74, 6) is 2.00. The summed E-state index contributed by atoms with van der Waals surface area (Å²) in [5.41, 5.74) is 2.01. The molecule has 0 saturated heterocycles. The quantitative estimate of drug-likeness (QED) is 0.352. The largest absolute Gasteiger partial charge is 0.493 e. The van der Waals surface area contributed by atoms with Gasteiger partial charge in [0.15, 0.2) is 11.5 Å². The molecule has 3 aromatic rings. The number of aromatic nitrogens is 1. The van der Waals surface area contributed by atoms with Gasteiger partial charge in [-0.3, -0.25) is 0 Å². The maximum atomic E-state index is 6.21. The Bertz CT molecular complexity index is 941. The molecule has 0 aliphatic carbocycles. The van der Waals surface area contributed by atoms with Crippen molar-refractivity contribution in [3.05, 3.63) is 81.4 Å². The second-order valence-electron chi connectivity index (χ2n) is 6.52. The molecule has 0 aliphatic heterocycles. The fourth-order valence-electron chi connectivity index (χ4n) is 2.79. The van der Waals surface area contributed by atoms with Crippen LogP contribution in [-0.4, -0.2) is 25.2 Å². The van der Waals surface area contributed by atoms with E-state index >= 15 is 0 Å². The van der Waals surface area contributed by atoms with E-state index in [9.17, 15) is 0 Å². The van der Waals surface area contributed by atoms with Gasteiger partial charge in [0, 0.05) is 33.9 Å². The number of nitrogens with zero attached hydrogens (tertiary/aromatic N) is 1. The fourth-order valence-corrected chi connectivity index (χ4v) is 3.44. The Morgan fingerprint density at radius 1 is 1.00 bits per heavy atom. The van der Waals surface area contributed by atoms with Crippen LogP contribution < -0.4 is 19.5 Å². The number of methoxy groups -OCH3 is 1. The van der Waals surface area contributed by atoms with Crippen molar-refractivity contribution in [1.82, 2.24) is 10.3 Å². The lowest BCUT2D eigenvalue weighted by molar-refractivity contribution is 0.284. The van der Waals surface area contributed by atoms with E-state index in [0.29, 0.717) is 42.2 Å². The van der Waals surface area contributed by atoms with Crippen LogP contribution in [0.5, 0.6) is 17.4 Å². The highest BCUT2D eigenvalue weighted by Gasteiger charge is 2.11. The minimum Gasteiger partial charge on any atom is -0.493 e. The first kappa shape index (κ1) is 22.4. The highest BCUT2D eigenvalue weighted by molar-refractivity contribution is 9.10. The van der Waals surface area contributed by atoms with Gasteiger partial charge in [0.1, 0.15) is 6.61 Å². The molecule has 7 heteroatoms. The van der Waals surface area contributed by atoms with Crippen molar-refractivity contribution in [2.45, 2.75) is 19.6 Å². The first-order valence-corrected chi connectivity index (χ1v) is 10.8. The molecule has 30 heavy (non-hydrogen) atoms. The molecule has 158 valence electrons. The molecule has 1 aromatic heterocycles. The highest BCUT2D eigenvalue weighted by Crippen LogP contribution is 2.34. The lowest BCUT2D eigenvalue weighted by Crippen LogP contribution is -2.17. The van der Waals surface area contributed by atoms with Gasteiger partial charge in [-0.1, -0.05) is 51.8 Å². The molecular formula is C23H24BrClN2O3. The Kier molecular flexibility index (Phi) is 8.81. The number of nitrogens with one attached hydrogen (secondary N) is 1. The fraction of sp³-hybridized carbons (Fsp3) is 0.261. The number of benzene rings is 2. The summed E-state index contributed by atoms with van der Waals surface area (Å²) < 4.78 is 18.0. The monoisotopic (exact) mass is 490 g/mol. The van der Waals surface area contributed by atoms with Crippen molar-refractivity contribution in [3.63, 3.8) is 0 Å². The van der Waals surface area contributed by atoms with Crippen LogP contribution in [-0.2, 0) is 13.2 Å². The molecule has 1 N–H and O–H groups in total. The molecule has 0 fully saturated rings. The Labute approximate surface area is 190 Å². The lowest BCUT2D eigenvalue weighted by atomic mass is 10.2. The van der Waals surface area contributed by atoms with Crippen LogP contribution in [0.25, 0.3) is 0 Å². The van der Waals surface area contributed by atoms with E-state index in [1.54, 1.807) is 13.3 Å². The second kappa shape index (κ2) is 11.8. The third kappa shape index (κ3) is 6.62. The minimum absolute atomic E-state index is 0.371. The number of ether oxygens (including phenoxy) is 3. The summed E-state index contributed by atoms with van der Waals surface area (Å²) in [6.45, 7) is 2.51. The van der Waals surface area contributed by atoms with Crippen molar-refractivity contribution in [2.75, 3.05) is 20.3 Å². The standard InChI is InChI=1S/C23H24BrClN2O3/c1-28-21-13-18(15-26-10-6-12-29-23-9-4-5-11-27-23)19(24)14-22(21)30-16-17-7-2-3-8-20(17)25/h2-5,7-9,11,13-14,26H,6,10,12,15-16H2,1H3. The Balaban J connectivity index is 1.49. The molecule has 0 aliphatic rings. The zero-order chi connectivity index (χ0) is 21.2.